The van der Waals surface area contributed by atoms with Gasteiger partial charge < -0.3 is 4.74 Å². The molecular weight excluding hydrogens is 172 g/mol. The van der Waals surface area contributed by atoms with Gasteiger partial charge >= 0.3 is 0 Å². The lowest BCUT2D eigenvalue weighted by atomic mass is 9.80. The Hall–Kier alpha value is -0.820. The summed E-state index contributed by atoms with van der Waals surface area (Å²) in [6.45, 7) is 9.77. The molecule has 0 spiro atoms. The number of hydrogen-bond donors (Lipinski definition) is 0. The molecule has 1 aromatic rings. The number of epoxide rings is 1. The van der Waals surface area contributed by atoms with Gasteiger partial charge in [0.05, 0.1) is 6.61 Å². The highest BCUT2D eigenvalue weighted by Gasteiger charge is 2.43. The molecular formula is C13H18O. The van der Waals surface area contributed by atoms with Gasteiger partial charge in [-0.1, -0.05) is 45.0 Å². The summed E-state index contributed by atoms with van der Waals surface area (Å²) in [5.74, 6) is 0. The highest BCUT2D eigenvalue weighted by molar-refractivity contribution is 5.38. The zero-order valence-corrected chi connectivity index (χ0v) is 9.42. The Labute approximate surface area is 86.1 Å². The van der Waals surface area contributed by atoms with E-state index in [1.807, 2.05) is 0 Å². The maximum atomic E-state index is 5.52. The Bertz CT molecular complexity index is 318. The molecule has 14 heavy (non-hydrogen) atoms. The molecule has 2 rings (SSSR count). The third kappa shape index (κ3) is 1.57. The van der Waals surface area contributed by atoms with Crippen LogP contribution in [0.4, 0.5) is 0 Å². The maximum absolute atomic E-state index is 5.52. The lowest BCUT2D eigenvalue weighted by Crippen LogP contribution is -2.18. The normalized spacial score (nSPS) is 26.3. The smallest absolute Gasteiger partial charge is 0.114 e. The molecule has 0 saturated carbocycles. The van der Waals surface area contributed by atoms with Gasteiger partial charge in [0.1, 0.15) is 5.60 Å². The van der Waals surface area contributed by atoms with Crippen molar-refractivity contribution in [2.24, 2.45) is 0 Å². The lowest BCUT2D eigenvalue weighted by molar-refractivity contribution is 0.325. The molecule has 0 amide bonds. The largest absolute Gasteiger partial charge is 0.365 e. The van der Waals surface area contributed by atoms with Gasteiger partial charge in [-0.25, -0.2) is 0 Å². The Morgan fingerprint density at radius 2 is 1.79 bits per heavy atom. The highest BCUT2D eigenvalue weighted by Crippen LogP contribution is 2.42. The van der Waals surface area contributed by atoms with Crippen LogP contribution in [0.25, 0.3) is 0 Å². The van der Waals surface area contributed by atoms with Crippen molar-refractivity contribution in [3.63, 3.8) is 0 Å². The van der Waals surface area contributed by atoms with Gasteiger partial charge in [0.25, 0.3) is 0 Å². The number of benzene rings is 1. The van der Waals surface area contributed by atoms with E-state index in [2.05, 4.69) is 52.0 Å². The summed E-state index contributed by atoms with van der Waals surface area (Å²) >= 11 is 0. The third-order valence-corrected chi connectivity index (χ3v) is 2.88. The summed E-state index contributed by atoms with van der Waals surface area (Å²) in [4.78, 5) is 0. The van der Waals surface area contributed by atoms with Crippen LogP contribution in [0, 0.1) is 0 Å². The van der Waals surface area contributed by atoms with Crippen molar-refractivity contribution in [1.29, 1.82) is 0 Å². The van der Waals surface area contributed by atoms with Crippen molar-refractivity contribution in [3.05, 3.63) is 35.4 Å². The monoisotopic (exact) mass is 190 g/mol. The first-order valence-electron chi connectivity index (χ1n) is 5.17. The van der Waals surface area contributed by atoms with Crippen molar-refractivity contribution in [2.45, 2.75) is 38.7 Å². The topological polar surface area (TPSA) is 12.5 Å². The van der Waals surface area contributed by atoms with Crippen LogP contribution < -0.4 is 0 Å². The van der Waals surface area contributed by atoms with Gasteiger partial charge in [-0.15, -0.1) is 0 Å². The zero-order chi connectivity index (χ0) is 10.4. The predicted octanol–water partition coefficient (Wildman–Crippen LogP) is 3.23. The Morgan fingerprint density at radius 1 is 1.21 bits per heavy atom. The molecule has 1 aliphatic heterocycles. The fourth-order valence-electron chi connectivity index (χ4n) is 1.86. The average molecular weight is 190 g/mol. The first-order valence-corrected chi connectivity index (χ1v) is 5.17. The number of ether oxygens (including phenoxy) is 1. The van der Waals surface area contributed by atoms with Crippen molar-refractivity contribution in [1.82, 2.24) is 0 Å². The molecule has 1 heterocycles. The summed E-state index contributed by atoms with van der Waals surface area (Å²) in [6.07, 6.45) is 0. The quantitative estimate of drug-likeness (QED) is 0.619. The van der Waals surface area contributed by atoms with Gasteiger partial charge in [-0.05, 0) is 23.5 Å². The Morgan fingerprint density at radius 3 is 2.29 bits per heavy atom. The molecule has 1 fully saturated rings. The second-order valence-electron chi connectivity index (χ2n) is 5.32. The van der Waals surface area contributed by atoms with Gasteiger partial charge in [0.15, 0.2) is 0 Å². The van der Waals surface area contributed by atoms with Gasteiger partial charge in [0, 0.05) is 0 Å². The van der Waals surface area contributed by atoms with Crippen LogP contribution in [-0.4, -0.2) is 6.61 Å². The standard InChI is InChI=1S/C13H18O/c1-12(2,3)10-7-5-6-8-11(10)13(4)9-14-13/h5-8H,9H2,1-4H3. The molecule has 0 aliphatic carbocycles. The molecule has 1 saturated heterocycles. The van der Waals surface area contributed by atoms with E-state index in [4.69, 9.17) is 4.74 Å². The molecule has 1 heteroatoms. The summed E-state index contributed by atoms with van der Waals surface area (Å²) in [5.41, 5.74) is 2.95. The fraction of sp³-hybridized carbons (Fsp3) is 0.538. The second-order valence-corrected chi connectivity index (χ2v) is 5.32. The van der Waals surface area contributed by atoms with E-state index < -0.39 is 0 Å². The van der Waals surface area contributed by atoms with Crippen LogP contribution in [0.1, 0.15) is 38.8 Å². The average Bonchev–Trinajstić information content (AvgIpc) is 2.84. The number of rotatable bonds is 1. The first kappa shape index (κ1) is 9.72. The van der Waals surface area contributed by atoms with E-state index in [1.165, 1.54) is 11.1 Å². The van der Waals surface area contributed by atoms with Crippen LogP contribution >= 0.6 is 0 Å². The molecule has 1 unspecified atom stereocenters. The molecule has 0 aromatic heterocycles. The van der Waals surface area contributed by atoms with Crippen molar-refractivity contribution < 1.29 is 4.74 Å². The molecule has 1 atom stereocenters. The molecule has 0 radical (unpaired) electrons. The van der Waals surface area contributed by atoms with E-state index in [0.29, 0.717) is 0 Å². The third-order valence-electron chi connectivity index (χ3n) is 2.88. The first-order chi connectivity index (χ1) is 6.43. The fourth-order valence-corrected chi connectivity index (χ4v) is 1.86. The van der Waals surface area contributed by atoms with Crippen molar-refractivity contribution >= 4 is 0 Å². The lowest BCUT2D eigenvalue weighted by Gasteiger charge is -2.24. The van der Waals surface area contributed by atoms with E-state index in [0.717, 1.165) is 6.61 Å². The summed E-state index contributed by atoms with van der Waals surface area (Å²) in [5, 5.41) is 0. The maximum Gasteiger partial charge on any atom is 0.114 e. The van der Waals surface area contributed by atoms with Crippen LogP contribution in [0.3, 0.4) is 0 Å². The minimum absolute atomic E-state index is 0.0100. The molecule has 76 valence electrons. The molecule has 0 bridgehead atoms. The van der Waals surface area contributed by atoms with E-state index in [-0.39, 0.29) is 11.0 Å². The second kappa shape index (κ2) is 2.83. The predicted molar refractivity (Wildman–Crippen MR) is 58.4 cm³/mol. The highest BCUT2D eigenvalue weighted by atomic mass is 16.6. The van der Waals surface area contributed by atoms with E-state index >= 15 is 0 Å². The Balaban J connectivity index is 2.50. The number of hydrogen-bond acceptors (Lipinski definition) is 1. The minimum Gasteiger partial charge on any atom is -0.365 e. The summed E-state index contributed by atoms with van der Waals surface area (Å²) in [6, 6.07) is 8.60. The SMILES string of the molecule is CC(C)(C)c1ccccc1C1(C)CO1. The van der Waals surface area contributed by atoms with Crippen LogP contribution in [0.2, 0.25) is 0 Å². The van der Waals surface area contributed by atoms with Gasteiger partial charge in [-0.3, -0.25) is 0 Å². The Kier molecular flexibility index (Phi) is 1.97. The molecule has 0 N–H and O–H groups in total. The van der Waals surface area contributed by atoms with Crippen LogP contribution in [-0.2, 0) is 15.8 Å². The molecule has 1 aromatic carbocycles. The van der Waals surface area contributed by atoms with Crippen molar-refractivity contribution in [2.75, 3.05) is 6.61 Å². The van der Waals surface area contributed by atoms with E-state index in [9.17, 15) is 0 Å². The van der Waals surface area contributed by atoms with Crippen molar-refractivity contribution in [3.8, 4) is 0 Å². The van der Waals surface area contributed by atoms with Gasteiger partial charge in [0.2, 0.25) is 0 Å². The summed E-state index contributed by atoms with van der Waals surface area (Å²) in [7, 11) is 0. The van der Waals surface area contributed by atoms with Gasteiger partial charge in [-0.2, -0.15) is 0 Å². The van der Waals surface area contributed by atoms with E-state index in [1.54, 1.807) is 0 Å². The molecule has 1 nitrogen and oxygen atoms in total. The van der Waals surface area contributed by atoms with Crippen LogP contribution in [0.5, 0.6) is 0 Å². The molecule has 1 aliphatic rings. The zero-order valence-electron chi connectivity index (χ0n) is 9.42. The van der Waals surface area contributed by atoms with Crippen LogP contribution in [0.15, 0.2) is 24.3 Å². The summed E-state index contributed by atoms with van der Waals surface area (Å²) < 4.78 is 5.52. The minimum atomic E-state index is -0.0100.